The monoisotopic (exact) mass is 186 g/mol. The first kappa shape index (κ1) is 6.54. The largest absolute Gasteiger partial charge is 0.299 e. The standard InChI is InChI=1S/C12H10O2/c13-11-7-3-1-2-4-6-5(3)9(11)10(6)12(14)8(4)7/h1-10H. The first-order chi connectivity index (χ1) is 6.80. The van der Waals surface area contributed by atoms with Crippen LogP contribution in [0.25, 0.3) is 0 Å². The Hall–Kier alpha value is -0.920. The van der Waals surface area contributed by atoms with E-state index in [0.29, 0.717) is 35.2 Å². The maximum atomic E-state index is 12.0. The minimum Gasteiger partial charge on any atom is -0.299 e. The smallest absolute Gasteiger partial charge is 0.141 e. The molecule has 14 heavy (non-hydrogen) atoms. The van der Waals surface area contributed by atoms with E-state index in [4.69, 9.17) is 0 Å². The minimum absolute atomic E-state index is 0.113. The van der Waals surface area contributed by atoms with Gasteiger partial charge in [0.2, 0.25) is 0 Å². The van der Waals surface area contributed by atoms with Crippen LogP contribution in [0.5, 0.6) is 0 Å². The third-order valence-electron chi connectivity index (χ3n) is 5.64. The molecule has 3 saturated carbocycles. The molecule has 0 aromatic rings. The van der Waals surface area contributed by atoms with Gasteiger partial charge in [0.1, 0.15) is 11.6 Å². The molecule has 70 valence electrons. The lowest BCUT2D eigenvalue weighted by Crippen LogP contribution is -2.50. The Balaban J connectivity index is 1.91. The summed E-state index contributed by atoms with van der Waals surface area (Å²) in [5.74, 6) is 3.50. The summed E-state index contributed by atoms with van der Waals surface area (Å²) in [6.45, 7) is 0. The molecule has 0 aromatic heterocycles. The molecule has 3 fully saturated rings. The number of hydrogen-bond acceptors (Lipinski definition) is 2. The zero-order valence-electron chi connectivity index (χ0n) is 7.59. The van der Waals surface area contributed by atoms with Crippen LogP contribution in [0.1, 0.15) is 0 Å². The maximum Gasteiger partial charge on any atom is 0.141 e. The summed E-state index contributed by atoms with van der Waals surface area (Å²) >= 11 is 0. The summed E-state index contributed by atoms with van der Waals surface area (Å²) in [5.41, 5.74) is 0. The van der Waals surface area contributed by atoms with Crippen molar-refractivity contribution in [1.82, 2.24) is 0 Å². The Morgan fingerprint density at radius 3 is 1.57 bits per heavy atom. The van der Waals surface area contributed by atoms with Crippen LogP contribution in [0.2, 0.25) is 0 Å². The molecule has 4 aliphatic carbocycles. The van der Waals surface area contributed by atoms with Crippen LogP contribution < -0.4 is 0 Å². The average Bonchev–Trinajstić information content (AvgIpc) is 2.40. The summed E-state index contributed by atoms with van der Waals surface area (Å²) in [7, 11) is 0. The van der Waals surface area contributed by atoms with Crippen LogP contribution in [-0.2, 0) is 9.59 Å². The molecule has 0 amide bonds. The van der Waals surface area contributed by atoms with E-state index < -0.39 is 0 Å². The number of hydrogen-bond donors (Lipinski definition) is 0. The van der Waals surface area contributed by atoms with Gasteiger partial charge in [0.05, 0.1) is 0 Å². The molecule has 0 saturated heterocycles. The fraction of sp³-hybridized carbons (Fsp3) is 0.667. The van der Waals surface area contributed by atoms with Crippen molar-refractivity contribution in [3.05, 3.63) is 12.2 Å². The Kier molecular flexibility index (Phi) is 0.718. The molecule has 0 bridgehead atoms. The van der Waals surface area contributed by atoms with Gasteiger partial charge in [-0.25, -0.2) is 0 Å². The van der Waals surface area contributed by atoms with Gasteiger partial charge in [-0.2, -0.15) is 0 Å². The van der Waals surface area contributed by atoms with E-state index in [0.717, 1.165) is 0 Å². The zero-order chi connectivity index (χ0) is 9.19. The molecule has 8 atom stereocenters. The summed E-state index contributed by atoms with van der Waals surface area (Å²) in [6, 6.07) is 0. The van der Waals surface area contributed by atoms with Crippen molar-refractivity contribution in [1.29, 1.82) is 0 Å². The highest BCUT2D eigenvalue weighted by Crippen LogP contribution is 2.75. The van der Waals surface area contributed by atoms with Crippen molar-refractivity contribution in [3.63, 3.8) is 0 Å². The van der Waals surface area contributed by atoms with Crippen molar-refractivity contribution in [2.75, 3.05) is 0 Å². The first-order valence-corrected chi connectivity index (χ1v) is 5.56. The third-order valence-corrected chi connectivity index (χ3v) is 5.64. The summed E-state index contributed by atoms with van der Waals surface area (Å²) < 4.78 is 0. The van der Waals surface area contributed by atoms with Crippen LogP contribution in [0.3, 0.4) is 0 Å². The lowest BCUT2D eigenvalue weighted by molar-refractivity contribution is -0.145. The molecule has 2 nitrogen and oxygen atoms in total. The SMILES string of the molecule is O=C1C2C3C=CC4C2C(=O)C2C1C3C42. The van der Waals surface area contributed by atoms with Crippen LogP contribution in [-0.4, -0.2) is 11.6 Å². The van der Waals surface area contributed by atoms with E-state index >= 15 is 0 Å². The van der Waals surface area contributed by atoms with Gasteiger partial charge in [-0.3, -0.25) is 9.59 Å². The number of rotatable bonds is 0. The number of allylic oxidation sites excluding steroid dienone is 2. The van der Waals surface area contributed by atoms with Crippen LogP contribution in [0.15, 0.2) is 12.2 Å². The highest BCUT2D eigenvalue weighted by molar-refractivity contribution is 6.06. The second-order valence-corrected chi connectivity index (χ2v) is 5.60. The fourth-order valence-corrected chi connectivity index (χ4v) is 5.43. The van der Waals surface area contributed by atoms with E-state index in [1.54, 1.807) is 0 Å². The molecule has 0 aliphatic heterocycles. The van der Waals surface area contributed by atoms with E-state index in [-0.39, 0.29) is 23.7 Å². The van der Waals surface area contributed by atoms with Crippen molar-refractivity contribution < 1.29 is 9.59 Å². The van der Waals surface area contributed by atoms with Crippen molar-refractivity contribution in [2.24, 2.45) is 47.3 Å². The van der Waals surface area contributed by atoms with Gasteiger partial charge in [-0.15, -0.1) is 0 Å². The molecule has 0 N–H and O–H groups in total. The number of ketones is 2. The highest BCUT2D eigenvalue weighted by atomic mass is 16.1. The second-order valence-electron chi connectivity index (χ2n) is 5.60. The predicted octanol–water partition coefficient (Wildman–Crippen LogP) is 0.678. The van der Waals surface area contributed by atoms with E-state index in [9.17, 15) is 9.59 Å². The Morgan fingerprint density at radius 2 is 1.14 bits per heavy atom. The Morgan fingerprint density at radius 1 is 0.714 bits per heavy atom. The molecular formula is C12H10O2. The van der Waals surface area contributed by atoms with Gasteiger partial charge in [0.25, 0.3) is 0 Å². The van der Waals surface area contributed by atoms with Crippen LogP contribution in [0, 0.1) is 47.3 Å². The fourth-order valence-electron chi connectivity index (χ4n) is 5.43. The number of fused-ring (bicyclic) bond motifs is 9. The van der Waals surface area contributed by atoms with Gasteiger partial charge in [0.15, 0.2) is 0 Å². The van der Waals surface area contributed by atoms with E-state index in [1.165, 1.54) is 0 Å². The topological polar surface area (TPSA) is 34.1 Å². The highest BCUT2D eigenvalue weighted by Gasteiger charge is 2.80. The number of Topliss-reactive ketones (excluding diaryl/α,β-unsaturated/α-hetero) is 2. The quantitative estimate of drug-likeness (QED) is 0.412. The first-order valence-electron chi connectivity index (χ1n) is 5.56. The normalized spacial score (nSPS) is 69.4. The van der Waals surface area contributed by atoms with Crippen LogP contribution >= 0.6 is 0 Å². The van der Waals surface area contributed by atoms with Gasteiger partial charge in [-0.1, -0.05) is 12.2 Å². The molecular weight excluding hydrogens is 176 g/mol. The van der Waals surface area contributed by atoms with Gasteiger partial charge < -0.3 is 0 Å². The molecule has 0 heterocycles. The molecule has 2 heteroatoms. The van der Waals surface area contributed by atoms with Crippen molar-refractivity contribution >= 4 is 11.6 Å². The summed E-state index contributed by atoms with van der Waals surface area (Å²) in [6.07, 6.45) is 4.47. The average molecular weight is 186 g/mol. The molecule has 8 unspecified atom stereocenters. The summed E-state index contributed by atoms with van der Waals surface area (Å²) in [4.78, 5) is 24.0. The van der Waals surface area contributed by atoms with Gasteiger partial charge in [-0.05, 0) is 23.7 Å². The van der Waals surface area contributed by atoms with E-state index in [1.807, 2.05) is 0 Å². The van der Waals surface area contributed by atoms with Gasteiger partial charge >= 0.3 is 0 Å². The lowest BCUT2D eigenvalue weighted by atomic mass is 9.52. The molecule has 4 aliphatic rings. The van der Waals surface area contributed by atoms with Crippen LogP contribution in [0.4, 0.5) is 0 Å². The molecule has 0 spiro atoms. The van der Waals surface area contributed by atoms with E-state index in [2.05, 4.69) is 12.2 Å². The number of carbonyl (C=O) groups is 2. The van der Waals surface area contributed by atoms with Crippen molar-refractivity contribution in [2.45, 2.75) is 0 Å². The predicted molar refractivity (Wildman–Crippen MR) is 47.1 cm³/mol. The second kappa shape index (κ2) is 1.54. The Bertz CT molecular complexity index is 396. The Labute approximate surface area is 81.4 Å². The molecule has 0 radical (unpaired) electrons. The zero-order valence-corrected chi connectivity index (χ0v) is 7.59. The molecule has 0 aromatic carbocycles. The molecule has 4 rings (SSSR count). The van der Waals surface area contributed by atoms with Gasteiger partial charge in [0, 0.05) is 23.7 Å². The summed E-state index contributed by atoms with van der Waals surface area (Å²) in [5, 5.41) is 0. The minimum atomic E-state index is 0.113. The maximum absolute atomic E-state index is 12.0. The van der Waals surface area contributed by atoms with Crippen molar-refractivity contribution in [3.8, 4) is 0 Å². The third kappa shape index (κ3) is 0.358. The lowest BCUT2D eigenvalue weighted by Gasteiger charge is -2.50. The number of carbonyl (C=O) groups excluding carboxylic acids is 2.